The van der Waals surface area contributed by atoms with Crippen LogP contribution >= 0.6 is 15.9 Å². The van der Waals surface area contributed by atoms with Gasteiger partial charge in [-0.2, -0.15) is 0 Å². The minimum absolute atomic E-state index is 0.0715. The van der Waals surface area contributed by atoms with Crippen LogP contribution in [0.1, 0.15) is 26.3 Å². The van der Waals surface area contributed by atoms with Crippen molar-refractivity contribution in [2.24, 2.45) is 0 Å². The Hall–Kier alpha value is -1.93. The van der Waals surface area contributed by atoms with Gasteiger partial charge in [0.2, 0.25) is 5.91 Å². The Kier molecular flexibility index (Phi) is 5.07. The van der Waals surface area contributed by atoms with Crippen LogP contribution in [-0.2, 0) is 19.9 Å². The molecule has 2 aliphatic rings. The van der Waals surface area contributed by atoms with Crippen molar-refractivity contribution in [3.05, 3.63) is 34.3 Å². The topological polar surface area (TPSA) is 79.0 Å². The lowest BCUT2D eigenvalue weighted by Crippen LogP contribution is -2.52. The third kappa shape index (κ3) is 3.48. The molecule has 0 spiro atoms. The molecule has 0 bridgehead atoms. The van der Waals surface area contributed by atoms with Gasteiger partial charge in [-0.25, -0.2) is 4.79 Å². The summed E-state index contributed by atoms with van der Waals surface area (Å²) in [6.07, 6.45) is -0.143. The van der Waals surface area contributed by atoms with Gasteiger partial charge in [0, 0.05) is 17.6 Å². The summed E-state index contributed by atoms with van der Waals surface area (Å²) in [5, 5.41) is 2.72. The minimum Gasteiger partial charge on any atom is -0.372 e. The Morgan fingerprint density at radius 3 is 2.58 bits per heavy atom. The number of benzene rings is 1. The maximum atomic E-state index is 12.9. The van der Waals surface area contributed by atoms with Crippen LogP contribution < -0.4 is 5.32 Å². The molecule has 0 aromatic heterocycles. The van der Waals surface area contributed by atoms with Crippen molar-refractivity contribution < 1.29 is 19.1 Å². The molecule has 0 saturated carbocycles. The summed E-state index contributed by atoms with van der Waals surface area (Å²) < 4.78 is 6.43. The van der Waals surface area contributed by atoms with Crippen LogP contribution in [-0.4, -0.2) is 59.5 Å². The van der Waals surface area contributed by atoms with E-state index in [1.165, 1.54) is 0 Å². The van der Waals surface area contributed by atoms with Crippen LogP contribution in [0.3, 0.4) is 0 Å². The van der Waals surface area contributed by atoms with E-state index in [2.05, 4.69) is 21.2 Å². The number of ether oxygens (including phenoxy) is 1. The van der Waals surface area contributed by atoms with Crippen LogP contribution in [0.2, 0.25) is 0 Å². The minimum atomic E-state index is -1.19. The zero-order valence-corrected chi connectivity index (χ0v) is 16.6. The predicted octanol–water partition coefficient (Wildman–Crippen LogP) is 1.85. The molecule has 4 amide bonds. The van der Waals surface area contributed by atoms with Gasteiger partial charge in [0.15, 0.2) is 0 Å². The van der Waals surface area contributed by atoms with Gasteiger partial charge in [0.05, 0.1) is 12.2 Å². The molecule has 1 N–H and O–H groups in total. The number of hydrogen-bond acceptors (Lipinski definition) is 4. The summed E-state index contributed by atoms with van der Waals surface area (Å²) in [7, 11) is 0. The highest BCUT2D eigenvalue weighted by atomic mass is 79.9. The monoisotopic (exact) mass is 423 g/mol. The molecule has 7 nitrogen and oxygen atoms in total. The van der Waals surface area contributed by atoms with Crippen LogP contribution in [0.15, 0.2) is 28.7 Å². The van der Waals surface area contributed by atoms with E-state index in [-0.39, 0.29) is 24.7 Å². The molecule has 0 unspecified atom stereocenters. The summed E-state index contributed by atoms with van der Waals surface area (Å²) in [6, 6.07) is 6.65. The fraction of sp³-hybridized carbons (Fsp3) is 0.500. The third-order valence-electron chi connectivity index (χ3n) is 4.74. The van der Waals surface area contributed by atoms with Crippen LogP contribution in [0.5, 0.6) is 0 Å². The maximum absolute atomic E-state index is 12.9. The van der Waals surface area contributed by atoms with Gasteiger partial charge < -0.3 is 15.0 Å². The third-order valence-corrected chi connectivity index (χ3v) is 5.24. The first-order chi connectivity index (χ1) is 12.2. The van der Waals surface area contributed by atoms with E-state index in [1.807, 2.05) is 19.9 Å². The Balaban J connectivity index is 1.76. The molecule has 0 aliphatic carbocycles. The molecule has 2 saturated heterocycles. The number of hydrogen-bond donors (Lipinski definition) is 1. The molecule has 0 radical (unpaired) electrons. The van der Waals surface area contributed by atoms with Gasteiger partial charge in [-0.05, 0) is 38.5 Å². The highest BCUT2D eigenvalue weighted by Gasteiger charge is 2.49. The van der Waals surface area contributed by atoms with E-state index in [0.29, 0.717) is 18.7 Å². The van der Waals surface area contributed by atoms with Crippen LogP contribution in [0, 0.1) is 0 Å². The number of amides is 4. The SMILES string of the molecule is C[C@@H]1CN(C(=O)CN2C(=O)N[C@](C)(c3cccc(Br)c3)C2=O)C[C@H](C)O1. The van der Waals surface area contributed by atoms with Crippen molar-refractivity contribution in [3.63, 3.8) is 0 Å². The highest BCUT2D eigenvalue weighted by Crippen LogP contribution is 2.30. The van der Waals surface area contributed by atoms with Gasteiger partial charge in [-0.15, -0.1) is 0 Å². The maximum Gasteiger partial charge on any atom is 0.325 e. The number of urea groups is 1. The summed E-state index contributed by atoms with van der Waals surface area (Å²) in [4.78, 5) is 40.6. The number of carbonyl (C=O) groups excluding carboxylic acids is 3. The molecule has 3 atom stereocenters. The number of rotatable bonds is 3. The van der Waals surface area contributed by atoms with Crippen molar-refractivity contribution in [2.75, 3.05) is 19.6 Å². The van der Waals surface area contributed by atoms with Crippen LogP contribution in [0.4, 0.5) is 4.79 Å². The first kappa shape index (κ1) is 18.8. The summed E-state index contributed by atoms with van der Waals surface area (Å²) in [5.74, 6) is -0.683. The van der Waals surface area contributed by atoms with E-state index >= 15 is 0 Å². The molecule has 2 aliphatic heterocycles. The van der Waals surface area contributed by atoms with Gasteiger partial charge in [-0.1, -0.05) is 28.1 Å². The Bertz CT molecular complexity index is 746. The molecule has 140 valence electrons. The van der Waals surface area contributed by atoms with E-state index in [0.717, 1.165) is 9.37 Å². The Morgan fingerprint density at radius 2 is 1.96 bits per heavy atom. The molecule has 2 heterocycles. The van der Waals surface area contributed by atoms with E-state index < -0.39 is 17.5 Å². The zero-order valence-electron chi connectivity index (χ0n) is 15.0. The smallest absolute Gasteiger partial charge is 0.325 e. The lowest BCUT2D eigenvalue weighted by molar-refractivity contribution is -0.146. The van der Waals surface area contributed by atoms with Gasteiger partial charge in [-0.3, -0.25) is 14.5 Å². The van der Waals surface area contributed by atoms with E-state index in [1.54, 1.807) is 30.0 Å². The normalized spacial score (nSPS) is 29.1. The van der Waals surface area contributed by atoms with Crippen molar-refractivity contribution >= 4 is 33.8 Å². The van der Waals surface area contributed by atoms with Gasteiger partial charge in [0.25, 0.3) is 5.91 Å². The number of nitrogens with one attached hydrogen (secondary N) is 1. The Morgan fingerprint density at radius 1 is 1.31 bits per heavy atom. The number of morpholine rings is 1. The van der Waals surface area contributed by atoms with Crippen molar-refractivity contribution in [1.29, 1.82) is 0 Å². The molecule has 3 rings (SSSR count). The molecule has 1 aromatic carbocycles. The summed E-state index contributed by atoms with van der Waals surface area (Å²) >= 11 is 3.38. The van der Waals surface area contributed by atoms with E-state index in [4.69, 9.17) is 4.74 Å². The van der Waals surface area contributed by atoms with Crippen molar-refractivity contribution in [1.82, 2.24) is 15.1 Å². The predicted molar refractivity (Wildman–Crippen MR) is 98.3 cm³/mol. The first-order valence-electron chi connectivity index (χ1n) is 8.54. The molecule has 2 fully saturated rings. The number of carbonyl (C=O) groups is 3. The largest absolute Gasteiger partial charge is 0.372 e. The highest BCUT2D eigenvalue weighted by molar-refractivity contribution is 9.10. The quantitative estimate of drug-likeness (QED) is 0.752. The molecule has 8 heteroatoms. The number of halogens is 1. The molecule has 1 aromatic rings. The van der Waals surface area contributed by atoms with Gasteiger partial charge >= 0.3 is 6.03 Å². The lowest BCUT2D eigenvalue weighted by atomic mass is 9.92. The zero-order chi connectivity index (χ0) is 19.1. The second kappa shape index (κ2) is 7.00. The fourth-order valence-electron chi connectivity index (χ4n) is 3.45. The first-order valence-corrected chi connectivity index (χ1v) is 9.33. The number of nitrogens with zero attached hydrogens (tertiary/aromatic N) is 2. The standard InChI is InChI=1S/C18H22BrN3O4/c1-11-8-21(9-12(2)26-11)15(23)10-22-16(24)18(3,20-17(22)25)13-5-4-6-14(19)7-13/h4-7,11-12H,8-10H2,1-3H3,(H,20,25)/t11-,12+,18-/m1/s1. The lowest BCUT2D eigenvalue weighted by Gasteiger charge is -2.35. The molecular weight excluding hydrogens is 402 g/mol. The second-order valence-corrected chi connectivity index (χ2v) is 7.93. The van der Waals surface area contributed by atoms with Gasteiger partial charge in [0.1, 0.15) is 12.1 Å². The van der Waals surface area contributed by atoms with Crippen molar-refractivity contribution in [3.8, 4) is 0 Å². The van der Waals surface area contributed by atoms with Crippen LogP contribution in [0.25, 0.3) is 0 Å². The Labute approximate surface area is 160 Å². The average Bonchev–Trinajstić information content (AvgIpc) is 2.78. The molecular formula is C18H22BrN3O4. The summed E-state index contributed by atoms with van der Waals surface area (Å²) in [5.41, 5.74) is -0.527. The van der Waals surface area contributed by atoms with Crippen molar-refractivity contribution in [2.45, 2.75) is 38.5 Å². The number of imide groups is 1. The van der Waals surface area contributed by atoms with E-state index in [9.17, 15) is 14.4 Å². The summed E-state index contributed by atoms with van der Waals surface area (Å²) in [6.45, 7) is 6.08. The molecule has 26 heavy (non-hydrogen) atoms. The second-order valence-electron chi connectivity index (χ2n) is 7.01. The fourth-order valence-corrected chi connectivity index (χ4v) is 3.85. The average molecular weight is 424 g/mol.